The summed E-state index contributed by atoms with van der Waals surface area (Å²) in [7, 11) is 2.04. The summed E-state index contributed by atoms with van der Waals surface area (Å²) in [6.45, 7) is 11.2. The Hall–Kier alpha value is -1.06. The van der Waals surface area contributed by atoms with Gasteiger partial charge in [0.1, 0.15) is 5.75 Å². The molecule has 1 aromatic rings. The van der Waals surface area contributed by atoms with Crippen molar-refractivity contribution < 1.29 is 5.11 Å². The molecule has 3 heteroatoms. The van der Waals surface area contributed by atoms with Crippen LogP contribution in [-0.4, -0.2) is 41.7 Å². The highest BCUT2D eigenvalue weighted by molar-refractivity contribution is 5.27. The van der Waals surface area contributed by atoms with Gasteiger partial charge in [0.25, 0.3) is 0 Å². The van der Waals surface area contributed by atoms with Crippen LogP contribution in [0.3, 0.4) is 0 Å². The molecule has 0 heterocycles. The van der Waals surface area contributed by atoms with E-state index in [2.05, 4.69) is 37.9 Å². The van der Waals surface area contributed by atoms with Gasteiger partial charge in [0.2, 0.25) is 0 Å². The van der Waals surface area contributed by atoms with E-state index in [9.17, 15) is 5.11 Å². The molecule has 2 unspecified atom stereocenters. The van der Waals surface area contributed by atoms with Gasteiger partial charge in [-0.05, 0) is 57.6 Å². The molecule has 0 aliphatic heterocycles. The lowest BCUT2D eigenvalue weighted by Gasteiger charge is -2.46. The normalized spacial score (nSPS) is 16.1. The van der Waals surface area contributed by atoms with E-state index in [1.165, 1.54) is 5.56 Å². The molecule has 0 aliphatic carbocycles. The second-order valence-electron chi connectivity index (χ2n) is 5.59. The van der Waals surface area contributed by atoms with Gasteiger partial charge in [-0.2, -0.15) is 0 Å². The molecular formula is C17H30N2O. The molecular weight excluding hydrogens is 248 g/mol. The summed E-state index contributed by atoms with van der Waals surface area (Å²) >= 11 is 0. The van der Waals surface area contributed by atoms with Crippen LogP contribution in [-0.2, 0) is 6.42 Å². The lowest BCUT2D eigenvalue weighted by atomic mass is 9.83. The molecule has 0 amide bonds. The number of aromatic hydroxyl groups is 1. The number of phenolic OH excluding ortho intramolecular Hbond substituents is 1. The van der Waals surface area contributed by atoms with E-state index in [1.54, 1.807) is 12.1 Å². The molecule has 0 spiro atoms. The number of hydrogen-bond acceptors (Lipinski definition) is 3. The quantitative estimate of drug-likeness (QED) is 0.767. The number of rotatable bonds is 8. The first-order chi connectivity index (χ1) is 9.51. The monoisotopic (exact) mass is 278 g/mol. The van der Waals surface area contributed by atoms with Crippen LogP contribution in [0.1, 0.15) is 39.7 Å². The zero-order chi connectivity index (χ0) is 15.2. The van der Waals surface area contributed by atoms with Crippen molar-refractivity contribution in [1.82, 2.24) is 10.2 Å². The molecule has 3 nitrogen and oxygen atoms in total. The molecule has 1 rings (SSSR count). The van der Waals surface area contributed by atoms with E-state index in [0.29, 0.717) is 11.8 Å². The van der Waals surface area contributed by atoms with Crippen LogP contribution in [0, 0.1) is 0 Å². The Morgan fingerprint density at radius 1 is 1.15 bits per heavy atom. The molecule has 114 valence electrons. The van der Waals surface area contributed by atoms with E-state index >= 15 is 0 Å². The fraction of sp³-hybridized carbons (Fsp3) is 0.647. The van der Waals surface area contributed by atoms with Crippen molar-refractivity contribution in [3.63, 3.8) is 0 Å². The minimum atomic E-state index is 0.135. The second-order valence-corrected chi connectivity index (χ2v) is 5.59. The van der Waals surface area contributed by atoms with E-state index < -0.39 is 0 Å². The lowest BCUT2D eigenvalue weighted by Crippen LogP contribution is -2.59. The molecule has 0 aliphatic rings. The molecule has 20 heavy (non-hydrogen) atoms. The average molecular weight is 278 g/mol. The third kappa shape index (κ3) is 3.74. The smallest absolute Gasteiger partial charge is 0.115 e. The van der Waals surface area contributed by atoms with Gasteiger partial charge in [0.05, 0.1) is 0 Å². The second kappa shape index (κ2) is 7.65. The summed E-state index contributed by atoms with van der Waals surface area (Å²) in [5.74, 6) is 0.330. The maximum atomic E-state index is 9.39. The number of likely N-dealkylation sites (N-methyl/N-ethyl adjacent to an activating group) is 2. The highest BCUT2D eigenvalue weighted by Gasteiger charge is 2.35. The Morgan fingerprint density at radius 2 is 1.70 bits per heavy atom. The maximum Gasteiger partial charge on any atom is 0.115 e. The van der Waals surface area contributed by atoms with E-state index in [-0.39, 0.29) is 5.54 Å². The number of nitrogens with one attached hydrogen (secondary N) is 1. The van der Waals surface area contributed by atoms with Crippen LogP contribution < -0.4 is 5.32 Å². The van der Waals surface area contributed by atoms with Crippen molar-refractivity contribution in [2.24, 2.45) is 0 Å². The first kappa shape index (κ1) is 17.0. The van der Waals surface area contributed by atoms with E-state index in [1.807, 2.05) is 19.2 Å². The van der Waals surface area contributed by atoms with Gasteiger partial charge >= 0.3 is 0 Å². The van der Waals surface area contributed by atoms with Crippen LogP contribution >= 0.6 is 0 Å². The molecule has 2 N–H and O–H groups in total. The molecule has 0 fully saturated rings. The zero-order valence-corrected chi connectivity index (χ0v) is 13.6. The summed E-state index contributed by atoms with van der Waals surface area (Å²) < 4.78 is 0. The van der Waals surface area contributed by atoms with Crippen molar-refractivity contribution in [3.8, 4) is 5.75 Å². The topological polar surface area (TPSA) is 35.5 Å². The number of nitrogens with zero attached hydrogens (tertiary/aromatic N) is 1. The predicted molar refractivity (Wildman–Crippen MR) is 86.3 cm³/mol. The first-order valence-corrected chi connectivity index (χ1v) is 7.72. The van der Waals surface area contributed by atoms with Crippen molar-refractivity contribution in [2.45, 2.75) is 52.1 Å². The number of hydrogen-bond donors (Lipinski definition) is 2. The van der Waals surface area contributed by atoms with E-state index in [4.69, 9.17) is 0 Å². The summed E-state index contributed by atoms with van der Waals surface area (Å²) in [5, 5.41) is 12.9. The van der Waals surface area contributed by atoms with Crippen molar-refractivity contribution in [1.29, 1.82) is 0 Å². The van der Waals surface area contributed by atoms with Gasteiger partial charge in [-0.15, -0.1) is 0 Å². The zero-order valence-electron chi connectivity index (χ0n) is 13.6. The van der Waals surface area contributed by atoms with Crippen LogP contribution in [0.2, 0.25) is 0 Å². The van der Waals surface area contributed by atoms with Crippen LogP contribution in [0.5, 0.6) is 5.75 Å². The minimum absolute atomic E-state index is 0.135. The Balaban J connectivity index is 2.94. The fourth-order valence-corrected chi connectivity index (χ4v) is 3.14. The molecule has 1 aromatic carbocycles. The Bertz CT molecular complexity index is 386. The summed E-state index contributed by atoms with van der Waals surface area (Å²) in [6.07, 6.45) is 2.08. The average Bonchev–Trinajstić information content (AvgIpc) is 2.47. The lowest BCUT2D eigenvalue weighted by molar-refractivity contribution is 0.0730. The first-order valence-electron chi connectivity index (χ1n) is 7.72. The van der Waals surface area contributed by atoms with Crippen molar-refractivity contribution in [3.05, 3.63) is 29.8 Å². The van der Waals surface area contributed by atoms with Crippen LogP contribution in [0.4, 0.5) is 0 Å². The molecule has 0 bridgehead atoms. The standard InChI is InChI=1S/C17H30N2O/c1-6-17(4,19(7-2)8-3)16(18-5)13-14-9-11-15(20)12-10-14/h9-12,16,18,20H,6-8,13H2,1-5H3. The number of phenols is 1. The molecule has 0 saturated carbocycles. The molecule has 2 atom stereocenters. The maximum absolute atomic E-state index is 9.39. The Labute approximate surface area is 124 Å². The number of benzene rings is 1. The van der Waals surface area contributed by atoms with Gasteiger partial charge < -0.3 is 10.4 Å². The largest absolute Gasteiger partial charge is 0.508 e. The summed E-state index contributed by atoms with van der Waals surface area (Å²) in [5.41, 5.74) is 1.39. The van der Waals surface area contributed by atoms with Crippen LogP contribution in [0.25, 0.3) is 0 Å². The summed E-state index contributed by atoms with van der Waals surface area (Å²) in [4.78, 5) is 2.54. The highest BCUT2D eigenvalue weighted by atomic mass is 16.3. The Morgan fingerprint density at radius 3 is 2.10 bits per heavy atom. The Kier molecular flexibility index (Phi) is 6.50. The third-order valence-corrected chi connectivity index (χ3v) is 4.68. The molecule has 0 aromatic heterocycles. The van der Waals surface area contributed by atoms with Gasteiger partial charge in [0.15, 0.2) is 0 Å². The fourth-order valence-electron chi connectivity index (χ4n) is 3.14. The van der Waals surface area contributed by atoms with Crippen molar-refractivity contribution in [2.75, 3.05) is 20.1 Å². The third-order valence-electron chi connectivity index (χ3n) is 4.68. The molecule has 0 radical (unpaired) electrons. The van der Waals surface area contributed by atoms with Gasteiger partial charge in [-0.25, -0.2) is 0 Å². The SMILES string of the molecule is CCN(CC)C(C)(CC)C(Cc1ccc(O)cc1)NC. The summed E-state index contributed by atoms with van der Waals surface area (Å²) in [6, 6.07) is 7.94. The van der Waals surface area contributed by atoms with Gasteiger partial charge in [-0.1, -0.05) is 32.9 Å². The highest BCUT2D eigenvalue weighted by Crippen LogP contribution is 2.26. The molecule has 0 saturated heterocycles. The van der Waals surface area contributed by atoms with Gasteiger partial charge in [0, 0.05) is 11.6 Å². The predicted octanol–water partition coefficient (Wildman–Crippen LogP) is 3.03. The van der Waals surface area contributed by atoms with E-state index in [0.717, 1.165) is 25.9 Å². The minimum Gasteiger partial charge on any atom is -0.508 e. The van der Waals surface area contributed by atoms with Gasteiger partial charge in [-0.3, -0.25) is 4.90 Å². The van der Waals surface area contributed by atoms with Crippen molar-refractivity contribution >= 4 is 0 Å². The van der Waals surface area contributed by atoms with Crippen LogP contribution in [0.15, 0.2) is 24.3 Å².